The summed E-state index contributed by atoms with van der Waals surface area (Å²) < 4.78 is 33.5. The lowest BCUT2D eigenvalue weighted by Crippen LogP contribution is -2.41. The van der Waals surface area contributed by atoms with Crippen LogP contribution in [0.4, 0.5) is 11.4 Å². The van der Waals surface area contributed by atoms with Gasteiger partial charge in [-0.2, -0.15) is 4.31 Å². The number of ether oxygens (including phenoxy) is 1. The van der Waals surface area contributed by atoms with Crippen molar-refractivity contribution >= 4 is 33.2 Å². The highest BCUT2D eigenvalue weighted by Gasteiger charge is 2.34. The van der Waals surface area contributed by atoms with Gasteiger partial charge < -0.3 is 15.0 Å². The molecule has 0 bridgehead atoms. The van der Waals surface area contributed by atoms with Crippen molar-refractivity contribution in [1.82, 2.24) is 4.31 Å². The molecule has 0 unspecified atom stereocenters. The number of amides is 2. The molecule has 9 heteroatoms. The van der Waals surface area contributed by atoms with Gasteiger partial charge in [0, 0.05) is 42.5 Å². The second-order valence-corrected chi connectivity index (χ2v) is 12.5. The van der Waals surface area contributed by atoms with E-state index in [1.807, 2.05) is 51.1 Å². The summed E-state index contributed by atoms with van der Waals surface area (Å²) in [5, 5.41) is 3.00. The van der Waals surface area contributed by atoms with Crippen LogP contribution in [0.1, 0.15) is 45.5 Å². The molecule has 0 spiro atoms. The lowest BCUT2D eigenvalue weighted by molar-refractivity contribution is -0.120. The Balaban J connectivity index is 1.24. The second kappa shape index (κ2) is 11.1. The Kier molecular flexibility index (Phi) is 7.70. The Morgan fingerprint density at radius 3 is 2.17 bits per heavy atom. The molecule has 8 nitrogen and oxygen atoms in total. The first kappa shape index (κ1) is 27.9. The minimum atomic E-state index is -3.64. The molecule has 3 aromatic rings. The molecule has 1 N–H and O–H groups in total. The highest BCUT2D eigenvalue weighted by molar-refractivity contribution is 7.89. The number of carbonyl (C=O) groups excluding carboxylic acids is 2. The van der Waals surface area contributed by atoms with E-state index in [2.05, 4.69) is 5.32 Å². The van der Waals surface area contributed by atoms with Gasteiger partial charge in [0.1, 0.15) is 5.75 Å². The van der Waals surface area contributed by atoms with Crippen LogP contribution in [0.3, 0.4) is 0 Å². The van der Waals surface area contributed by atoms with Crippen LogP contribution in [-0.4, -0.2) is 51.3 Å². The number of piperidine rings is 1. The number of hydrogen-bond acceptors (Lipinski definition) is 5. The normalized spacial score (nSPS) is 16.1. The molecular formula is C31H35N3O5S. The van der Waals surface area contributed by atoms with Gasteiger partial charge in [-0.25, -0.2) is 8.42 Å². The van der Waals surface area contributed by atoms with Gasteiger partial charge in [0.2, 0.25) is 15.9 Å². The lowest BCUT2D eigenvalue weighted by Gasteiger charge is -2.31. The molecule has 0 aliphatic carbocycles. The number of rotatable bonds is 6. The zero-order valence-electron chi connectivity index (χ0n) is 23.4. The van der Waals surface area contributed by atoms with Crippen LogP contribution in [0.25, 0.3) is 0 Å². The number of sulfonamides is 1. The summed E-state index contributed by atoms with van der Waals surface area (Å²) in [6.45, 7) is 6.77. The SMILES string of the molecule is COc1ccc(C(=O)N2CCc3ccc(NC(=O)C4CCN(S(=O)(=O)c5c(C)cc(C)cc5C)CC4)cc32)cc1. The van der Waals surface area contributed by atoms with Crippen molar-refractivity contribution in [1.29, 1.82) is 0 Å². The molecular weight excluding hydrogens is 526 g/mol. The predicted octanol–water partition coefficient (Wildman–Crippen LogP) is 4.86. The van der Waals surface area contributed by atoms with Crippen LogP contribution < -0.4 is 15.0 Å². The van der Waals surface area contributed by atoms with Gasteiger partial charge in [-0.1, -0.05) is 23.8 Å². The van der Waals surface area contributed by atoms with E-state index in [9.17, 15) is 18.0 Å². The van der Waals surface area contributed by atoms with Crippen molar-refractivity contribution in [3.63, 3.8) is 0 Å². The van der Waals surface area contributed by atoms with E-state index in [-0.39, 0.29) is 17.7 Å². The van der Waals surface area contributed by atoms with Crippen molar-refractivity contribution in [2.45, 2.75) is 44.9 Å². The zero-order valence-corrected chi connectivity index (χ0v) is 24.2. The molecule has 40 heavy (non-hydrogen) atoms. The third-order valence-corrected chi connectivity index (χ3v) is 10.1. The standard InChI is InChI=1S/C31H35N3O5S/c1-20-17-21(2)29(22(3)18-20)40(37,38)33-14-11-24(12-15-33)30(35)32-26-8-5-23-13-16-34(28(23)19-26)31(36)25-6-9-27(39-4)10-7-25/h5-10,17-19,24H,11-16H2,1-4H3,(H,32,35). The highest BCUT2D eigenvalue weighted by atomic mass is 32.2. The third kappa shape index (κ3) is 5.36. The van der Waals surface area contributed by atoms with Gasteiger partial charge in [0.15, 0.2) is 0 Å². The van der Waals surface area contributed by atoms with Crippen molar-refractivity contribution in [3.8, 4) is 5.75 Å². The minimum absolute atomic E-state index is 0.0995. The Hall–Kier alpha value is -3.69. The van der Waals surface area contributed by atoms with Crippen LogP contribution in [0.15, 0.2) is 59.5 Å². The van der Waals surface area contributed by atoms with Crippen LogP contribution in [-0.2, 0) is 21.2 Å². The summed E-state index contributed by atoms with van der Waals surface area (Å²) in [4.78, 5) is 28.5. The Labute approximate surface area is 236 Å². The Morgan fingerprint density at radius 2 is 1.55 bits per heavy atom. The van der Waals surface area contributed by atoms with Gasteiger partial charge in [0.25, 0.3) is 5.91 Å². The van der Waals surface area contributed by atoms with Crippen molar-refractivity contribution in [2.24, 2.45) is 5.92 Å². The molecule has 1 fully saturated rings. The topological polar surface area (TPSA) is 96.0 Å². The molecule has 2 heterocycles. The van der Waals surface area contributed by atoms with E-state index in [1.54, 1.807) is 36.3 Å². The summed E-state index contributed by atoms with van der Waals surface area (Å²) in [5.41, 5.74) is 5.56. The van der Waals surface area contributed by atoms with Gasteiger partial charge >= 0.3 is 0 Å². The fraction of sp³-hybridized carbons (Fsp3) is 0.355. The molecule has 210 valence electrons. The summed E-state index contributed by atoms with van der Waals surface area (Å²) >= 11 is 0. The lowest BCUT2D eigenvalue weighted by atomic mass is 9.97. The molecule has 2 aliphatic heterocycles. The monoisotopic (exact) mass is 561 g/mol. The van der Waals surface area contributed by atoms with Crippen LogP contribution in [0.2, 0.25) is 0 Å². The maximum Gasteiger partial charge on any atom is 0.258 e. The molecule has 2 amide bonds. The number of nitrogens with one attached hydrogen (secondary N) is 1. The summed E-state index contributed by atoms with van der Waals surface area (Å²) in [7, 11) is -2.05. The number of methoxy groups -OCH3 is 1. The maximum absolute atomic E-state index is 13.4. The van der Waals surface area contributed by atoms with E-state index in [0.29, 0.717) is 54.4 Å². The first-order valence-electron chi connectivity index (χ1n) is 13.6. The minimum Gasteiger partial charge on any atom is -0.497 e. The van der Waals surface area contributed by atoms with Crippen molar-refractivity contribution in [2.75, 3.05) is 37.0 Å². The van der Waals surface area contributed by atoms with E-state index in [4.69, 9.17) is 4.74 Å². The summed E-state index contributed by atoms with van der Waals surface area (Å²) in [5.74, 6) is 0.160. The van der Waals surface area contributed by atoms with E-state index in [0.717, 1.165) is 34.4 Å². The number of carbonyl (C=O) groups is 2. The number of anilines is 2. The smallest absolute Gasteiger partial charge is 0.258 e. The van der Waals surface area contributed by atoms with Gasteiger partial charge in [0.05, 0.1) is 12.0 Å². The summed E-state index contributed by atoms with van der Waals surface area (Å²) in [6.07, 6.45) is 1.64. The molecule has 0 radical (unpaired) electrons. The first-order valence-corrected chi connectivity index (χ1v) is 15.0. The molecule has 2 aliphatic rings. The Bertz CT molecular complexity index is 1540. The van der Waals surface area contributed by atoms with E-state index < -0.39 is 10.0 Å². The Morgan fingerprint density at radius 1 is 0.900 bits per heavy atom. The van der Waals surface area contributed by atoms with Gasteiger partial charge in [-0.3, -0.25) is 9.59 Å². The van der Waals surface area contributed by atoms with Crippen LogP contribution in [0.5, 0.6) is 5.75 Å². The van der Waals surface area contributed by atoms with E-state index in [1.165, 1.54) is 4.31 Å². The number of aryl methyl sites for hydroxylation is 3. The molecule has 0 atom stereocenters. The number of fused-ring (bicyclic) bond motifs is 1. The quantitative estimate of drug-likeness (QED) is 0.464. The zero-order chi connectivity index (χ0) is 28.6. The third-order valence-electron chi connectivity index (χ3n) is 7.86. The van der Waals surface area contributed by atoms with E-state index >= 15 is 0 Å². The number of nitrogens with zero attached hydrogens (tertiary/aromatic N) is 2. The molecule has 3 aromatic carbocycles. The van der Waals surface area contributed by atoms with Crippen molar-refractivity contribution < 1.29 is 22.7 Å². The molecule has 0 saturated carbocycles. The largest absolute Gasteiger partial charge is 0.497 e. The van der Waals surface area contributed by atoms with Crippen molar-refractivity contribution in [3.05, 3.63) is 82.4 Å². The van der Waals surface area contributed by atoms with Gasteiger partial charge in [-0.15, -0.1) is 0 Å². The number of hydrogen-bond donors (Lipinski definition) is 1. The van der Waals surface area contributed by atoms with Gasteiger partial charge in [-0.05, 0) is 93.1 Å². The number of benzene rings is 3. The maximum atomic E-state index is 13.4. The molecule has 5 rings (SSSR count). The van der Waals surface area contributed by atoms with Crippen LogP contribution >= 0.6 is 0 Å². The fourth-order valence-electron chi connectivity index (χ4n) is 5.86. The fourth-order valence-corrected chi connectivity index (χ4v) is 7.74. The summed E-state index contributed by atoms with van der Waals surface area (Å²) in [6, 6.07) is 16.5. The molecule has 0 aromatic heterocycles. The highest BCUT2D eigenvalue weighted by Crippen LogP contribution is 2.33. The average Bonchev–Trinajstić information content (AvgIpc) is 3.35. The average molecular weight is 562 g/mol. The van der Waals surface area contributed by atoms with Crippen LogP contribution in [0, 0.1) is 26.7 Å². The first-order chi connectivity index (χ1) is 19.1. The molecule has 1 saturated heterocycles. The predicted molar refractivity (Wildman–Crippen MR) is 156 cm³/mol. The second-order valence-electron chi connectivity index (χ2n) is 10.7.